The van der Waals surface area contributed by atoms with Gasteiger partial charge in [0, 0.05) is 16.8 Å². The van der Waals surface area contributed by atoms with Gasteiger partial charge in [-0.25, -0.2) is 4.98 Å². The monoisotopic (exact) mass is 400 g/mol. The number of benzene rings is 3. The van der Waals surface area contributed by atoms with Crippen LogP contribution in [-0.2, 0) is 6.42 Å². The SMILES string of the molecule is CCc1ccc2oc(-c3cccc(NC(=O)c4ccc5nsnc5c4)c3)nc2c1. The van der Waals surface area contributed by atoms with Crippen LogP contribution in [0.1, 0.15) is 22.8 Å². The normalized spacial score (nSPS) is 11.2. The number of carbonyl (C=O) groups excluding carboxylic acids is 1. The molecule has 5 aromatic rings. The molecule has 2 aromatic heterocycles. The van der Waals surface area contributed by atoms with E-state index in [0.29, 0.717) is 22.7 Å². The summed E-state index contributed by atoms with van der Waals surface area (Å²) < 4.78 is 14.2. The molecule has 6 nitrogen and oxygen atoms in total. The van der Waals surface area contributed by atoms with Gasteiger partial charge < -0.3 is 9.73 Å². The largest absolute Gasteiger partial charge is 0.436 e. The summed E-state index contributed by atoms with van der Waals surface area (Å²) in [7, 11) is 0. The Morgan fingerprint density at radius 2 is 1.90 bits per heavy atom. The zero-order valence-electron chi connectivity index (χ0n) is 15.5. The Balaban J connectivity index is 1.42. The number of hydrogen-bond acceptors (Lipinski definition) is 6. The van der Waals surface area contributed by atoms with Gasteiger partial charge in [-0.05, 0) is 60.5 Å². The zero-order valence-corrected chi connectivity index (χ0v) is 16.4. The predicted octanol–water partition coefficient (Wildman–Crippen LogP) is 5.31. The highest BCUT2D eigenvalue weighted by molar-refractivity contribution is 7.00. The van der Waals surface area contributed by atoms with Gasteiger partial charge in [0.15, 0.2) is 5.58 Å². The van der Waals surface area contributed by atoms with Gasteiger partial charge >= 0.3 is 0 Å². The van der Waals surface area contributed by atoms with Crippen LogP contribution >= 0.6 is 11.7 Å². The fourth-order valence-corrected chi connectivity index (χ4v) is 3.69. The second-order valence-electron chi connectivity index (χ2n) is 6.68. The highest BCUT2D eigenvalue weighted by atomic mass is 32.1. The molecule has 5 rings (SSSR count). The first kappa shape index (κ1) is 17.5. The summed E-state index contributed by atoms with van der Waals surface area (Å²) >= 11 is 1.13. The van der Waals surface area contributed by atoms with Crippen LogP contribution in [0.25, 0.3) is 33.6 Å². The maximum Gasteiger partial charge on any atom is 0.255 e. The molecule has 1 amide bonds. The molecular formula is C22H16N4O2S. The topological polar surface area (TPSA) is 80.9 Å². The number of fused-ring (bicyclic) bond motifs is 2. The van der Waals surface area contributed by atoms with Gasteiger partial charge in [-0.1, -0.05) is 19.1 Å². The lowest BCUT2D eigenvalue weighted by atomic mass is 10.1. The number of hydrogen-bond donors (Lipinski definition) is 1. The fourth-order valence-electron chi connectivity index (χ4n) is 3.17. The van der Waals surface area contributed by atoms with Crippen molar-refractivity contribution in [3.63, 3.8) is 0 Å². The van der Waals surface area contributed by atoms with Crippen LogP contribution in [0, 0.1) is 0 Å². The van der Waals surface area contributed by atoms with Crippen molar-refractivity contribution >= 4 is 45.5 Å². The summed E-state index contributed by atoms with van der Waals surface area (Å²) in [6, 6.07) is 18.8. The summed E-state index contributed by atoms with van der Waals surface area (Å²) in [5.74, 6) is 0.321. The Hall–Kier alpha value is -3.58. The minimum atomic E-state index is -0.206. The maximum atomic E-state index is 12.6. The third kappa shape index (κ3) is 3.36. The number of nitrogens with zero attached hydrogens (tertiary/aromatic N) is 3. The average molecular weight is 400 g/mol. The molecule has 0 saturated heterocycles. The Bertz CT molecular complexity index is 1360. The molecule has 0 aliphatic rings. The van der Waals surface area contributed by atoms with Gasteiger partial charge in [-0.15, -0.1) is 0 Å². The molecule has 2 heterocycles. The summed E-state index contributed by atoms with van der Waals surface area (Å²) in [6.07, 6.45) is 0.947. The van der Waals surface area contributed by atoms with Gasteiger partial charge in [0.1, 0.15) is 16.6 Å². The first-order valence-corrected chi connectivity index (χ1v) is 9.96. The number of oxazole rings is 1. The molecule has 3 aromatic carbocycles. The molecule has 0 saturated carbocycles. The number of anilines is 1. The van der Waals surface area contributed by atoms with Crippen molar-refractivity contribution in [3.8, 4) is 11.5 Å². The molecule has 0 unspecified atom stereocenters. The molecular weight excluding hydrogens is 384 g/mol. The fraction of sp³-hybridized carbons (Fsp3) is 0.0909. The summed E-state index contributed by atoms with van der Waals surface area (Å²) in [6.45, 7) is 2.11. The Kier molecular flexibility index (Phi) is 4.29. The first-order chi connectivity index (χ1) is 14.2. The van der Waals surface area contributed by atoms with Crippen LogP contribution in [0.5, 0.6) is 0 Å². The number of nitrogens with one attached hydrogen (secondary N) is 1. The first-order valence-electron chi connectivity index (χ1n) is 9.23. The van der Waals surface area contributed by atoms with Crippen LogP contribution in [0.2, 0.25) is 0 Å². The zero-order chi connectivity index (χ0) is 19.8. The second-order valence-corrected chi connectivity index (χ2v) is 7.21. The third-order valence-electron chi connectivity index (χ3n) is 4.74. The Morgan fingerprint density at radius 1 is 1.00 bits per heavy atom. The smallest absolute Gasteiger partial charge is 0.255 e. The summed E-state index contributed by atoms with van der Waals surface area (Å²) in [5, 5.41) is 2.92. The minimum Gasteiger partial charge on any atom is -0.436 e. The molecule has 7 heteroatoms. The quantitative estimate of drug-likeness (QED) is 0.442. The van der Waals surface area contributed by atoms with E-state index in [-0.39, 0.29) is 5.91 Å². The van der Waals surface area contributed by atoms with E-state index in [4.69, 9.17) is 4.42 Å². The average Bonchev–Trinajstić information content (AvgIpc) is 3.39. The lowest BCUT2D eigenvalue weighted by Gasteiger charge is -2.06. The molecule has 0 bridgehead atoms. The van der Waals surface area contributed by atoms with Crippen molar-refractivity contribution in [1.29, 1.82) is 0 Å². The van der Waals surface area contributed by atoms with Crippen LogP contribution in [0.3, 0.4) is 0 Å². The minimum absolute atomic E-state index is 0.206. The van der Waals surface area contributed by atoms with Gasteiger partial charge in [0.05, 0.1) is 11.7 Å². The van der Waals surface area contributed by atoms with Gasteiger partial charge in [-0.2, -0.15) is 8.75 Å². The Morgan fingerprint density at radius 3 is 2.79 bits per heavy atom. The van der Waals surface area contributed by atoms with Crippen molar-refractivity contribution in [2.45, 2.75) is 13.3 Å². The lowest BCUT2D eigenvalue weighted by molar-refractivity contribution is 0.102. The predicted molar refractivity (Wildman–Crippen MR) is 114 cm³/mol. The van der Waals surface area contributed by atoms with Crippen molar-refractivity contribution in [1.82, 2.24) is 13.7 Å². The van der Waals surface area contributed by atoms with Crippen molar-refractivity contribution in [2.75, 3.05) is 5.32 Å². The lowest BCUT2D eigenvalue weighted by Crippen LogP contribution is -2.11. The molecule has 142 valence electrons. The van der Waals surface area contributed by atoms with E-state index in [1.54, 1.807) is 18.2 Å². The van der Waals surface area contributed by atoms with Crippen molar-refractivity contribution < 1.29 is 9.21 Å². The standard InChI is InChI=1S/C22H16N4O2S/c1-2-13-6-9-20-19(10-13)24-22(28-20)15-4-3-5-16(11-15)23-21(27)14-7-8-17-18(12-14)26-29-25-17/h3-12H,2H2,1H3,(H,23,27). The highest BCUT2D eigenvalue weighted by Crippen LogP contribution is 2.27. The third-order valence-corrected chi connectivity index (χ3v) is 5.30. The van der Waals surface area contributed by atoms with Gasteiger partial charge in [0.2, 0.25) is 5.89 Å². The number of aryl methyl sites for hydroxylation is 1. The number of aromatic nitrogens is 3. The van der Waals surface area contributed by atoms with Crippen molar-refractivity contribution in [2.24, 2.45) is 0 Å². The molecule has 1 N–H and O–H groups in total. The molecule has 0 radical (unpaired) electrons. The molecule has 0 atom stereocenters. The Labute approximate surface area is 170 Å². The number of carbonyl (C=O) groups is 1. The van der Waals surface area contributed by atoms with E-state index < -0.39 is 0 Å². The van der Waals surface area contributed by atoms with Crippen molar-refractivity contribution in [3.05, 3.63) is 71.8 Å². The molecule has 0 fully saturated rings. The number of rotatable bonds is 4. The van der Waals surface area contributed by atoms with Gasteiger partial charge in [-0.3, -0.25) is 4.79 Å². The van der Waals surface area contributed by atoms with Crippen LogP contribution in [0.4, 0.5) is 5.69 Å². The van der Waals surface area contributed by atoms with E-state index in [9.17, 15) is 4.79 Å². The molecule has 29 heavy (non-hydrogen) atoms. The molecule has 0 aliphatic carbocycles. The van der Waals surface area contributed by atoms with Crippen LogP contribution in [-0.4, -0.2) is 19.6 Å². The van der Waals surface area contributed by atoms with Crippen LogP contribution in [0.15, 0.2) is 65.1 Å². The van der Waals surface area contributed by atoms with Crippen LogP contribution < -0.4 is 5.32 Å². The highest BCUT2D eigenvalue weighted by Gasteiger charge is 2.12. The van der Waals surface area contributed by atoms with E-state index >= 15 is 0 Å². The molecule has 0 aliphatic heterocycles. The summed E-state index contributed by atoms with van der Waals surface area (Å²) in [5.41, 5.74) is 6.30. The summed E-state index contributed by atoms with van der Waals surface area (Å²) in [4.78, 5) is 17.2. The maximum absolute atomic E-state index is 12.6. The number of amides is 1. The molecule has 0 spiro atoms. The van der Waals surface area contributed by atoms with E-state index in [1.807, 2.05) is 42.5 Å². The van der Waals surface area contributed by atoms with Gasteiger partial charge in [0.25, 0.3) is 5.91 Å². The second kappa shape index (κ2) is 7.10. The van der Waals surface area contributed by atoms with E-state index in [1.165, 1.54) is 5.56 Å². The van der Waals surface area contributed by atoms with E-state index in [0.717, 1.165) is 40.3 Å². The van der Waals surface area contributed by atoms with E-state index in [2.05, 4.69) is 26.0 Å².